The van der Waals surface area contributed by atoms with Crippen molar-refractivity contribution in [2.75, 3.05) is 21.2 Å². The van der Waals surface area contributed by atoms with Crippen LogP contribution in [0.15, 0.2) is 57.8 Å². The summed E-state index contributed by atoms with van der Waals surface area (Å²) < 4.78 is 35.9. The molecule has 152 valence electrons. The molecule has 0 fully saturated rings. The molecule has 3 rings (SSSR count). The zero-order valence-electron chi connectivity index (χ0n) is 16.1. The van der Waals surface area contributed by atoms with Gasteiger partial charge in [-0.05, 0) is 42.0 Å². The Balaban J connectivity index is 1.67. The molecule has 1 amide bonds. The number of aromatic nitrogens is 2. The molecule has 0 spiro atoms. The van der Waals surface area contributed by atoms with Crippen molar-refractivity contribution in [2.24, 2.45) is 0 Å². The van der Waals surface area contributed by atoms with Gasteiger partial charge in [0.15, 0.2) is 0 Å². The molecule has 2 aromatic carbocycles. The quantitative estimate of drug-likeness (QED) is 0.626. The van der Waals surface area contributed by atoms with Crippen molar-refractivity contribution >= 4 is 15.9 Å². The van der Waals surface area contributed by atoms with Gasteiger partial charge >= 0.3 is 11.8 Å². The summed E-state index contributed by atoms with van der Waals surface area (Å²) in [5.74, 6) is 0.157. The van der Waals surface area contributed by atoms with Crippen LogP contribution < -0.4 is 10.1 Å². The fraction of sp³-hybridized carbons (Fsp3) is 0.211. The highest BCUT2D eigenvalue weighted by Crippen LogP contribution is 2.21. The molecule has 0 aliphatic heterocycles. The van der Waals surface area contributed by atoms with E-state index < -0.39 is 15.9 Å². The number of nitrogens with one attached hydrogen (secondary N) is 1. The summed E-state index contributed by atoms with van der Waals surface area (Å²) >= 11 is 0. The number of sulfonamides is 1. The largest absolute Gasteiger partial charge is 0.497 e. The summed E-state index contributed by atoms with van der Waals surface area (Å²) in [7, 11) is 0.967. The second-order valence-electron chi connectivity index (χ2n) is 6.25. The standard InChI is InChI=1S/C19H20N4O5S/c1-23(2)29(25,26)16-10-6-14(7-11-16)18-21-22-19(28-18)17(24)20-12-13-4-8-15(27-3)9-5-13/h4-11H,12H2,1-3H3,(H,20,24). The van der Waals surface area contributed by atoms with Gasteiger partial charge in [0, 0.05) is 26.2 Å². The number of methoxy groups -OCH3 is 1. The lowest BCUT2D eigenvalue weighted by Crippen LogP contribution is -2.23. The number of carbonyl (C=O) groups excluding carboxylic acids is 1. The van der Waals surface area contributed by atoms with Gasteiger partial charge in [-0.1, -0.05) is 12.1 Å². The van der Waals surface area contributed by atoms with E-state index in [1.165, 1.54) is 26.2 Å². The Morgan fingerprint density at radius 3 is 2.31 bits per heavy atom. The number of benzene rings is 2. The van der Waals surface area contributed by atoms with E-state index >= 15 is 0 Å². The van der Waals surface area contributed by atoms with E-state index in [1.807, 2.05) is 12.1 Å². The number of carbonyl (C=O) groups is 1. The van der Waals surface area contributed by atoms with Crippen molar-refractivity contribution in [1.29, 1.82) is 0 Å². The predicted octanol–water partition coefficient (Wildman–Crippen LogP) is 1.93. The summed E-state index contributed by atoms with van der Waals surface area (Å²) in [5.41, 5.74) is 1.39. The van der Waals surface area contributed by atoms with E-state index in [0.29, 0.717) is 5.56 Å². The van der Waals surface area contributed by atoms with Crippen molar-refractivity contribution < 1.29 is 22.4 Å². The van der Waals surface area contributed by atoms with Gasteiger partial charge in [0.1, 0.15) is 5.75 Å². The van der Waals surface area contributed by atoms with Gasteiger partial charge in [-0.25, -0.2) is 12.7 Å². The molecule has 1 heterocycles. The first-order valence-electron chi connectivity index (χ1n) is 8.59. The van der Waals surface area contributed by atoms with Crippen LogP contribution in [0.5, 0.6) is 5.75 Å². The number of nitrogens with zero attached hydrogens (tertiary/aromatic N) is 3. The minimum atomic E-state index is -3.53. The monoisotopic (exact) mass is 416 g/mol. The van der Waals surface area contributed by atoms with Crippen molar-refractivity contribution in [1.82, 2.24) is 19.8 Å². The highest BCUT2D eigenvalue weighted by Gasteiger charge is 2.19. The Bertz CT molecular complexity index is 1090. The molecule has 0 saturated heterocycles. The molecule has 0 aliphatic rings. The molecule has 0 atom stereocenters. The number of ether oxygens (including phenoxy) is 1. The fourth-order valence-corrected chi connectivity index (χ4v) is 3.31. The minimum absolute atomic E-state index is 0.119. The van der Waals surface area contributed by atoms with Crippen LogP contribution in [-0.4, -0.2) is 50.0 Å². The van der Waals surface area contributed by atoms with E-state index in [0.717, 1.165) is 15.6 Å². The number of hydrogen-bond donors (Lipinski definition) is 1. The summed E-state index contributed by atoms with van der Waals surface area (Å²) in [5, 5.41) is 10.3. The molecule has 0 aliphatic carbocycles. The highest BCUT2D eigenvalue weighted by molar-refractivity contribution is 7.89. The molecule has 0 bridgehead atoms. The second-order valence-corrected chi connectivity index (χ2v) is 8.41. The summed E-state index contributed by atoms with van der Waals surface area (Å²) in [6.07, 6.45) is 0. The van der Waals surface area contributed by atoms with Gasteiger partial charge in [-0.3, -0.25) is 4.79 Å². The molecular weight excluding hydrogens is 396 g/mol. The van der Waals surface area contributed by atoms with Crippen molar-refractivity contribution in [3.8, 4) is 17.2 Å². The molecule has 0 unspecified atom stereocenters. The average molecular weight is 416 g/mol. The lowest BCUT2D eigenvalue weighted by Gasteiger charge is -2.11. The van der Waals surface area contributed by atoms with E-state index in [2.05, 4.69) is 15.5 Å². The molecule has 1 aromatic heterocycles. The van der Waals surface area contributed by atoms with Crippen molar-refractivity contribution in [3.63, 3.8) is 0 Å². The van der Waals surface area contributed by atoms with Gasteiger partial charge in [-0.15, -0.1) is 10.2 Å². The van der Waals surface area contributed by atoms with E-state index in [-0.39, 0.29) is 23.2 Å². The van der Waals surface area contributed by atoms with Crippen molar-refractivity contribution in [3.05, 3.63) is 60.0 Å². The van der Waals surface area contributed by atoms with Gasteiger partial charge in [0.25, 0.3) is 0 Å². The van der Waals surface area contributed by atoms with Crippen LogP contribution in [0.2, 0.25) is 0 Å². The Labute approximate surface area is 168 Å². The maximum Gasteiger partial charge on any atom is 0.309 e. The molecule has 9 nitrogen and oxygen atoms in total. The lowest BCUT2D eigenvalue weighted by molar-refractivity contribution is 0.0917. The Hall–Kier alpha value is -3.24. The topological polar surface area (TPSA) is 115 Å². The van der Waals surface area contributed by atoms with Gasteiger partial charge < -0.3 is 14.5 Å². The number of rotatable bonds is 7. The van der Waals surface area contributed by atoms with Crippen LogP contribution in [-0.2, 0) is 16.6 Å². The Kier molecular flexibility index (Phi) is 5.95. The van der Waals surface area contributed by atoms with Gasteiger partial charge in [0.05, 0.1) is 12.0 Å². The van der Waals surface area contributed by atoms with Crippen LogP contribution in [0.1, 0.15) is 16.2 Å². The third-order valence-corrected chi connectivity index (χ3v) is 5.94. The summed E-state index contributed by atoms with van der Waals surface area (Å²) in [4.78, 5) is 12.4. The maximum atomic E-state index is 12.2. The van der Waals surface area contributed by atoms with Gasteiger partial charge in [-0.2, -0.15) is 0 Å². The first kappa shape index (κ1) is 20.5. The fourth-order valence-electron chi connectivity index (χ4n) is 2.41. The van der Waals surface area contributed by atoms with E-state index in [9.17, 15) is 13.2 Å². The molecule has 0 saturated carbocycles. The molecule has 29 heavy (non-hydrogen) atoms. The van der Waals surface area contributed by atoms with Crippen LogP contribution in [0, 0.1) is 0 Å². The minimum Gasteiger partial charge on any atom is -0.497 e. The van der Waals surface area contributed by atoms with E-state index in [4.69, 9.17) is 9.15 Å². The summed E-state index contributed by atoms with van der Waals surface area (Å²) in [6.45, 7) is 0.289. The first-order valence-corrected chi connectivity index (χ1v) is 10.0. The molecule has 0 radical (unpaired) electrons. The highest BCUT2D eigenvalue weighted by atomic mass is 32.2. The van der Waals surface area contributed by atoms with Crippen LogP contribution in [0.3, 0.4) is 0 Å². The van der Waals surface area contributed by atoms with E-state index in [1.54, 1.807) is 31.4 Å². The van der Waals surface area contributed by atoms with Gasteiger partial charge in [0.2, 0.25) is 15.9 Å². The Morgan fingerprint density at radius 1 is 1.07 bits per heavy atom. The van der Waals surface area contributed by atoms with Crippen LogP contribution in [0.4, 0.5) is 0 Å². The average Bonchev–Trinajstić information content (AvgIpc) is 3.22. The van der Waals surface area contributed by atoms with Crippen LogP contribution >= 0.6 is 0 Å². The van der Waals surface area contributed by atoms with Crippen LogP contribution in [0.25, 0.3) is 11.5 Å². The zero-order chi connectivity index (χ0) is 21.0. The first-order chi connectivity index (χ1) is 13.8. The number of hydrogen-bond acceptors (Lipinski definition) is 7. The summed E-state index contributed by atoms with van der Waals surface area (Å²) in [6, 6.07) is 13.2. The third-order valence-electron chi connectivity index (χ3n) is 4.11. The zero-order valence-corrected chi connectivity index (χ0v) is 16.9. The molecule has 1 N–H and O–H groups in total. The second kappa shape index (κ2) is 8.41. The number of amides is 1. The SMILES string of the molecule is COc1ccc(CNC(=O)c2nnc(-c3ccc(S(=O)(=O)N(C)C)cc3)o2)cc1. The third kappa shape index (κ3) is 4.61. The molecule has 10 heteroatoms. The maximum absolute atomic E-state index is 12.2. The van der Waals surface area contributed by atoms with Crippen molar-refractivity contribution in [2.45, 2.75) is 11.4 Å². The normalized spacial score (nSPS) is 11.4. The predicted molar refractivity (Wildman–Crippen MR) is 105 cm³/mol. The smallest absolute Gasteiger partial charge is 0.309 e. The Morgan fingerprint density at radius 2 is 1.72 bits per heavy atom. The molecular formula is C19H20N4O5S. The molecule has 3 aromatic rings. The lowest BCUT2D eigenvalue weighted by atomic mass is 10.2.